The van der Waals surface area contributed by atoms with E-state index in [0.29, 0.717) is 5.92 Å². The van der Waals surface area contributed by atoms with E-state index in [1.165, 1.54) is 5.56 Å². The van der Waals surface area contributed by atoms with Gasteiger partial charge in [0.05, 0.1) is 12.4 Å². The number of nitrogens with one attached hydrogen (secondary N) is 1. The van der Waals surface area contributed by atoms with Crippen LogP contribution in [-0.2, 0) is 6.42 Å². The maximum Gasteiger partial charge on any atom is 0.126 e. The number of benzene rings is 1. The molecule has 0 saturated carbocycles. The number of rotatable bonds is 2. The predicted molar refractivity (Wildman–Crippen MR) is 67.0 cm³/mol. The van der Waals surface area contributed by atoms with E-state index >= 15 is 0 Å². The van der Waals surface area contributed by atoms with Gasteiger partial charge in [0.25, 0.3) is 0 Å². The summed E-state index contributed by atoms with van der Waals surface area (Å²) in [5.74, 6) is 1.33. The monoisotopic (exact) mass is 232 g/mol. The minimum Gasteiger partial charge on any atom is -0.372 e. The molecule has 0 spiro atoms. The van der Waals surface area contributed by atoms with Gasteiger partial charge in [-0.1, -0.05) is 12.1 Å². The van der Waals surface area contributed by atoms with Crippen LogP contribution in [0.15, 0.2) is 23.2 Å². The second kappa shape index (κ2) is 4.47. The van der Waals surface area contributed by atoms with Crippen LogP contribution < -0.4 is 5.32 Å². The zero-order chi connectivity index (χ0) is 11.7. The molecular formula is C14H17FN2. The Hall–Kier alpha value is -1.38. The standard InChI is InChI=1S/C14H17FN2/c15-12-6-2-4-10-3-1-5-11(14(10)12)9-13-16-7-8-17-13/h2,4,6,11H,1,3,5,7-9H2,(H,16,17). The summed E-state index contributed by atoms with van der Waals surface area (Å²) in [5.41, 5.74) is 2.13. The Kier molecular flexibility index (Phi) is 2.83. The second-order valence-corrected chi connectivity index (χ2v) is 4.86. The van der Waals surface area contributed by atoms with Crippen LogP contribution in [0.3, 0.4) is 0 Å². The largest absolute Gasteiger partial charge is 0.372 e. The van der Waals surface area contributed by atoms with Gasteiger partial charge in [-0.2, -0.15) is 0 Å². The number of hydrogen-bond donors (Lipinski definition) is 1. The minimum absolute atomic E-state index is 0.0363. The van der Waals surface area contributed by atoms with Gasteiger partial charge in [-0.3, -0.25) is 4.99 Å². The first-order valence-corrected chi connectivity index (χ1v) is 6.39. The van der Waals surface area contributed by atoms with Gasteiger partial charge in [0, 0.05) is 13.0 Å². The summed E-state index contributed by atoms with van der Waals surface area (Å²) in [7, 11) is 0. The van der Waals surface area contributed by atoms with Gasteiger partial charge in [-0.15, -0.1) is 0 Å². The van der Waals surface area contributed by atoms with Gasteiger partial charge in [0.1, 0.15) is 5.82 Å². The Labute approximate surface area is 101 Å². The SMILES string of the molecule is Fc1cccc2c1C(CC1=NCCN1)CCC2. The number of aryl methyl sites for hydroxylation is 1. The van der Waals surface area contributed by atoms with Crippen LogP contribution in [-0.4, -0.2) is 18.9 Å². The van der Waals surface area contributed by atoms with Gasteiger partial charge in [-0.05, 0) is 42.4 Å². The van der Waals surface area contributed by atoms with Crippen LogP contribution in [0, 0.1) is 5.82 Å². The van der Waals surface area contributed by atoms with Crippen LogP contribution >= 0.6 is 0 Å². The van der Waals surface area contributed by atoms with E-state index in [2.05, 4.69) is 16.4 Å². The molecule has 1 aromatic rings. The molecule has 0 fully saturated rings. The third kappa shape index (κ3) is 2.06. The van der Waals surface area contributed by atoms with Gasteiger partial charge >= 0.3 is 0 Å². The fraction of sp³-hybridized carbons (Fsp3) is 0.500. The smallest absolute Gasteiger partial charge is 0.126 e. The zero-order valence-electron chi connectivity index (χ0n) is 9.88. The summed E-state index contributed by atoms with van der Waals surface area (Å²) in [4.78, 5) is 4.42. The fourth-order valence-corrected chi connectivity index (χ4v) is 2.96. The van der Waals surface area contributed by atoms with Crippen LogP contribution in [0.25, 0.3) is 0 Å². The summed E-state index contributed by atoms with van der Waals surface area (Å²) in [5, 5.41) is 3.28. The highest BCUT2D eigenvalue weighted by atomic mass is 19.1. The molecule has 90 valence electrons. The molecule has 3 rings (SSSR count). The summed E-state index contributed by atoms with van der Waals surface area (Å²) in [6, 6.07) is 5.47. The average molecular weight is 232 g/mol. The van der Waals surface area contributed by atoms with E-state index in [0.717, 1.165) is 50.2 Å². The van der Waals surface area contributed by atoms with Gasteiger partial charge in [0.15, 0.2) is 0 Å². The molecule has 0 aromatic heterocycles. The predicted octanol–water partition coefficient (Wildman–Crippen LogP) is 2.64. The third-order valence-electron chi connectivity index (χ3n) is 3.73. The molecule has 2 aliphatic rings. The Bertz CT molecular complexity index is 454. The Morgan fingerprint density at radius 1 is 1.41 bits per heavy atom. The first-order chi connectivity index (χ1) is 8.34. The lowest BCUT2D eigenvalue weighted by Gasteiger charge is -2.26. The van der Waals surface area contributed by atoms with Crippen molar-refractivity contribution in [1.82, 2.24) is 5.32 Å². The highest BCUT2D eigenvalue weighted by Gasteiger charge is 2.25. The topological polar surface area (TPSA) is 24.4 Å². The number of amidine groups is 1. The van der Waals surface area contributed by atoms with Crippen molar-refractivity contribution in [3.63, 3.8) is 0 Å². The fourth-order valence-electron chi connectivity index (χ4n) is 2.96. The zero-order valence-corrected chi connectivity index (χ0v) is 9.88. The normalized spacial score (nSPS) is 22.9. The number of hydrogen-bond acceptors (Lipinski definition) is 2. The molecule has 1 N–H and O–H groups in total. The van der Waals surface area contributed by atoms with Gasteiger partial charge in [0.2, 0.25) is 0 Å². The molecular weight excluding hydrogens is 215 g/mol. The molecule has 1 aromatic carbocycles. The molecule has 1 aliphatic carbocycles. The van der Waals surface area contributed by atoms with Crippen molar-refractivity contribution in [2.45, 2.75) is 31.6 Å². The van der Waals surface area contributed by atoms with Crippen LogP contribution in [0.2, 0.25) is 0 Å². The van der Waals surface area contributed by atoms with Crippen LogP contribution in [0.5, 0.6) is 0 Å². The molecule has 0 amide bonds. The van der Waals surface area contributed by atoms with Crippen molar-refractivity contribution < 1.29 is 4.39 Å². The minimum atomic E-state index is -0.0363. The maximum atomic E-state index is 13.9. The molecule has 1 heterocycles. The van der Waals surface area contributed by atoms with Gasteiger partial charge in [-0.25, -0.2) is 4.39 Å². The molecule has 0 bridgehead atoms. The summed E-state index contributed by atoms with van der Waals surface area (Å²) in [6.45, 7) is 1.80. The van der Waals surface area contributed by atoms with Crippen molar-refractivity contribution in [3.05, 3.63) is 35.1 Å². The summed E-state index contributed by atoms with van der Waals surface area (Å²) in [6.07, 6.45) is 4.13. The Balaban J connectivity index is 1.88. The van der Waals surface area contributed by atoms with Crippen molar-refractivity contribution in [2.75, 3.05) is 13.1 Å². The van der Waals surface area contributed by atoms with Crippen molar-refractivity contribution in [2.24, 2.45) is 4.99 Å². The Morgan fingerprint density at radius 3 is 3.18 bits per heavy atom. The lowest BCUT2D eigenvalue weighted by Crippen LogP contribution is -2.23. The highest BCUT2D eigenvalue weighted by Crippen LogP contribution is 2.35. The van der Waals surface area contributed by atoms with E-state index < -0.39 is 0 Å². The third-order valence-corrected chi connectivity index (χ3v) is 3.73. The molecule has 0 radical (unpaired) electrons. The lowest BCUT2D eigenvalue weighted by atomic mass is 9.80. The van der Waals surface area contributed by atoms with E-state index in [1.54, 1.807) is 6.07 Å². The molecule has 2 nitrogen and oxygen atoms in total. The van der Waals surface area contributed by atoms with Crippen molar-refractivity contribution in [1.29, 1.82) is 0 Å². The molecule has 1 unspecified atom stereocenters. The van der Waals surface area contributed by atoms with Gasteiger partial charge < -0.3 is 5.32 Å². The molecule has 1 aliphatic heterocycles. The molecule has 1 atom stereocenters. The van der Waals surface area contributed by atoms with E-state index in [9.17, 15) is 4.39 Å². The van der Waals surface area contributed by atoms with Crippen LogP contribution in [0.1, 0.15) is 36.3 Å². The van der Waals surface area contributed by atoms with Crippen molar-refractivity contribution in [3.8, 4) is 0 Å². The molecule has 17 heavy (non-hydrogen) atoms. The lowest BCUT2D eigenvalue weighted by molar-refractivity contribution is 0.515. The Morgan fingerprint density at radius 2 is 2.35 bits per heavy atom. The summed E-state index contributed by atoms with van der Waals surface area (Å²) >= 11 is 0. The van der Waals surface area contributed by atoms with E-state index in [-0.39, 0.29) is 5.82 Å². The molecule has 3 heteroatoms. The number of halogens is 1. The quantitative estimate of drug-likeness (QED) is 0.833. The maximum absolute atomic E-state index is 13.9. The van der Waals surface area contributed by atoms with Crippen molar-refractivity contribution >= 4 is 5.84 Å². The van der Waals surface area contributed by atoms with E-state index in [1.807, 2.05) is 6.07 Å². The number of nitrogens with zero attached hydrogens (tertiary/aromatic N) is 1. The highest BCUT2D eigenvalue weighted by molar-refractivity contribution is 5.84. The van der Waals surface area contributed by atoms with Crippen LogP contribution in [0.4, 0.5) is 4.39 Å². The first kappa shape index (κ1) is 10.8. The summed E-state index contributed by atoms with van der Waals surface area (Å²) < 4.78 is 13.9. The average Bonchev–Trinajstić information content (AvgIpc) is 2.82. The second-order valence-electron chi connectivity index (χ2n) is 4.86. The van der Waals surface area contributed by atoms with E-state index in [4.69, 9.17) is 0 Å². The molecule has 0 saturated heterocycles. The first-order valence-electron chi connectivity index (χ1n) is 6.39. The number of aliphatic imine (C=N–C) groups is 1. The number of fused-ring (bicyclic) bond motifs is 1.